The molecular formula is C22H27N7O. The van der Waals surface area contributed by atoms with E-state index < -0.39 is 0 Å². The van der Waals surface area contributed by atoms with Gasteiger partial charge in [0.25, 0.3) is 0 Å². The Morgan fingerprint density at radius 2 is 2.00 bits per heavy atom. The Labute approximate surface area is 176 Å². The number of aryl methyl sites for hydroxylation is 1. The second-order valence-corrected chi connectivity index (χ2v) is 7.37. The number of benzene rings is 1. The monoisotopic (exact) mass is 405 g/mol. The summed E-state index contributed by atoms with van der Waals surface area (Å²) >= 11 is 0. The number of nitrogens with zero attached hydrogens (tertiary/aromatic N) is 5. The van der Waals surface area contributed by atoms with Gasteiger partial charge in [0.2, 0.25) is 0 Å². The number of unbranched alkanes of at least 4 members (excludes halogenated alkanes) is 3. The molecule has 2 N–H and O–H groups in total. The minimum Gasteiger partial charge on any atom is -0.338 e. The van der Waals surface area contributed by atoms with Crippen LogP contribution in [-0.2, 0) is 6.54 Å². The molecule has 0 spiro atoms. The zero-order chi connectivity index (χ0) is 20.8. The second-order valence-electron chi connectivity index (χ2n) is 7.37. The molecule has 0 bridgehead atoms. The van der Waals surface area contributed by atoms with Crippen molar-refractivity contribution in [1.82, 2.24) is 25.1 Å². The molecular weight excluding hydrogens is 378 g/mol. The molecule has 3 aromatic rings. The van der Waals surface area contributed by atoms with Crippen LogP contribution in [0.1, 0.15) is 32.6 Å². The van der Waals surface area contributed by atoms with Gasteiger partial charge in [0.05, 0.1) is 11.9 Å². The highest BCUT2D eigenvalue weighted by molar-refractivity contribution is 5.94. The van der Waals surface area contributed by atoms with Gasteiger partial charge in [0, 0.05) is 43.3 Å². The van der Waals surface area contributed by atoms with Crippen molar-refractivity contribution in [2.24, 2.45) is 0 Å². The first-order chi connectivity index (χ1) is 14.7. The molecule has 8 heteroatoms. The SMILES string of the molecule is CCCCCCn1cc(Nc2ccnc(-c3ccc(N4CCNC4=O)cc3)n2)cn1. The lowest BCUT2D eigenvalue weighted by Gasteiger charge is -2.14. The van der Waals surface area contributed by atoms with Gasteiger partial charge in [-0.2, -0.15) is 5.10 Å². The summed E-state index contributed by atoms with van der Waals surface area (Å²) in [4.78, 5) is 22.6. The highest BCUT2D eigenvalue weighted by Gasteiger charge is 2.20. The smallest absolute Gasteiger partial charge is 0.321 e. The van der Waals surface area contributed by atoms with Crippen LogP contribution in [0.4, 0.5) is 22.0 Å². The van der Waals surface area contributed by atoms with E-state index in [1.54, 1.807) is 11.1 Å². The molecule has 0 aliphatic carbocycles. The first-order valence-corrected chi connectivity index (χ1v) is 10.5. The van der Waals surface area contributed by atoms with E-state index in [-0.39, 0.29) is 6.03 Å². The van der Waals surface area contributed by atoms with Crippen LogP contribution in [0.5, 0.6) is 0 Å². The first-order valence-electron chi connectivity index (χ1n) is 10.5. The Hall–Kier alpha value is -3.42. The van der Waals surface area contributed by atoms with Gasteiger partial charge in [0.15, 0.2) is 5.82 Å². The number of carbonyl (C=O) groups excluding carboxylic acids is 1. The fourth-order valence-corrected chi connectivity index (χ4v) is 3.47. The molecule has 2 amide bonds. The highest BCUT2D eigenvalue weighted by Crippen LogP contribution is 2.23. The Morgan fingerprint density at radius 3 is 2.77 bits per heavy atom. The normalized spacial score (nSPS) is 13.5. The Kier molecular flexibility index (Phi) is 6.22. The number of amides is 2. The zero-order valence-corrected chi connectivity index (χ0v) is 17.2. The Bertz CT molecular complexity index is 983. The van der Waals surface area contributed by atoms with E-state index in [0.29, 0.717) is 24.7 Å². The van der Waals surface area contributed by atoms with E-state index in [1.165, 1.54) is 19.3 Å². The number of carbonyl (C=O) groups is 1. The van der Waals surface area contributed by atoms with Crippen LogP contribution in [-0.4, -0.2) is 38.9 Å². The fraction of sp³-hybridized carbons (Fsp3) is 0.364. The van der Waals surface area contributed by atoms with E-state index in [1.807, 2.05) is 47.4 Å². The summed E-state index contributed by atoms with van der Waals surface area (Å²) in [5, 5.41) is 10.5. The number of nitrogens with one attached hydrogen (secondary N) is 2. The van der Waals surface area contributed by atoms with Gasteiger partial charge < -0.3 is 10.6 Å². The number of hydrogen-bond donors (Lipinski definition) is 2. The van der Waals surface area contributed by atoms with Gasteiger partial charge in [-0.15, -0.1) is 0 Å². The fourth-order valence-electron chi connectivity index (χ4n) is 3.47. The van der Waals surface area contributed by atoms with Crippen LogP contribution >= 0.6 is 0 Å². The van der Waals surface area contributed by atoms with E-state index in [2.05, 4.69) is 32.6 Å². The van der Waals surface area contributed by atoms with Gasteiger partial charge in [-0.3, -0.25) is 9.58 Å². The lowest BCUT2D eigenvalue weighted by Crippen LogP contribution is -2.27. The molecule has 2 aromatic heterocycles. The van der Waals surface area contributed by atoms with E-state index in [9.17, 15) is 4.79 Å². The molecule has 0 unspecified atom stereocenters. The molecule has 0 saturated carbocycles. The topological polar surface area (TPSA) is 88.0 Å². The molecule has 8 nitrogen and oxygen atoms in total. The van der Waals surface area contributed by atoms with E-state index in [0.717, 1.165) is 29.9 Å². The molecule has 3 heterocycles. The van der Waals surface area contributed by atoms with Crippen molar-refractivity contribution in [3.05, 3.63) is 48.9 Å². The molecule has 4 rings (SSSR count). The van der Waals surface area contributed by atoms with Crippen molar-refractivity contribution >= 4 is 23.2 Å². The van der Waals surface area contributed by atoms with Crippen molar-refractivity contribution in [1.29, 1.82) is 0 Å². The number of urea groups is 1. The second kappa shape index (κ2) is 9.39. The van der Waals surface area contributed by atoms with Crippen LogP contribution in [0.3, 0.4) is 0 Å². The van der Waals surface area contributed by atoms with Gasteiger partial charge in [-0.05, 0) is 36.8 Å². The van der Waals surface area contributed by atoms with Crippen molar-refractivity contribution in [2.45, 2.75) is 39.2 Å². The maximum atomic E-state index is 11.8. The molecule has 1 aromatic carbocycles. The molecule has 1 saturated heterocycles. The number of rotatable bonds is 9. The molecule has 1 fully saturated rings. The van der Waals surface area contributed by atoms with Crippen LogP contribution in [0.2, 0.25) is 0 Å². The molecule has 156 valence electrons. The van der Waals surface area contributed by atoms with Crippen molar-refractivity contribution < 1.29 is 4.79 Å². The highest BCUT2D eigenvalue weighted by atomic mass is 16.2. The quantitative estimate of drug-likeness (QED) is 0.521. The van der Waals surface area contributed by atoms with E-state index in [4.69, 9.17) is 0 Å². The summed E-state index contributed by atoms with van der Waals surface area (Å²) in [7, 11) is 0. The third-order valence-corrected chi connectivity index (χ3v) is 5.10. The summed E-state index contributed by atoms with van der Waals surface area (Å²) < 4.78 is 1.97. The molecule has 1 aliphatic heterocycles. The van der Waals surface area contributed by atoms with Crippen molar-refractivity contribution in [3.8, 4) is 11.4 Å². The Balaban J connectivity index is 1.40. The Morgan fingerprint density at radius 1 is 1.13 bits per heavy atom. The van der Waals surface area contributed by atoms with Gasteiger partial charge >= 0.3 is 6.03 Å². The summed E-state index contributed by atoms with van der Waals surface area (Å²) in [5.41, 5.74) is 2.67. The lowest BCUT2D eigenvalue weighted by molar-refractivity contribution is 0.252. The van der Waals surface area contributed by atoms with E-state index >= 15 is 0 Å². The molecule has 0 radical (unpaired) electrons. The van der Waals surface area contributed by atoms with Crippen molar-refractivity contribution in [2.75, 3.05) is 23.3 Å². The predicted molar refractivity (Wildman–Crippen MR) is 118 cm³/mol. The third kappa shape index (κ3) is 4.76. The summed E-state index contributed by atoms with van der Waals surface area (Å²) in [5.74, 6) is 1.35. The summed E-state index contributed by atoms with van der Waals surface area (Å²) in [6.45, 7) is 4.50. The summed E-state index contributed by atoms with van der Waals surface area (Å²) in [6, 6.07) is 9.50. The standard InChI is InChI=1S/C22H27N7O/c1-2-3-4-5-13-28-16-18(15-25-28)26-20-10-11-23-21(27-20)17-6-8-19(9-7-17)29-14-12-24-22(29)30/h6-11,15-16H,2-5,12-14H2,1H3,(H,24,30)(H,23,26,27). The molecule has 1 aliphatic rings. The molecule has 30 heavy (non-hydrogen) atoms. The van der Waals surface area contributed by atoms with Crippen LogP contribution in [0.15, 0.2) is 48.9 Å². The number of hydrogen-bond acceptors (Lipinski definition) is 5. The van der Waals surface area contributed by atoms with Gasteiger partial charge in [0.1, 0.15) is 5.82 Å². The number of aromatic nitrogens is 4. The lowest BCUT2D eigenvalue weighted by atomic mass is 10.2. The zero-order valence-electron chi connectivity index (χ0n) is 17.2. The maximum Gasteiger partial charge on any atom is 0.321 e. The predicted octanol–water partition coefficient (Wildman–Crippen LogP) is 4.19. The van der Waals surface area contributed by atoms with Crippen LogP contribution in [0, 0.1) is 0 Å². The third-order valence-electron chi connectivity index (χ3n) is 5.10. The minimum atomic E-state index is -0.0592. The average molecular weight is 406 g/mol. The maximum absolute atomic E-state index is 11.8. The van der Waals surface area contributed by atoms with Crippen LogP contribution < -0.4 is 15.5 Å². The number of anilines is 3. The van der Waals surface area contributed by atoms with Crippen molar-refractivity contribution in [3.63, 3.8) is 0 Å². The van der Waals surface area contributed by atoms with Gasteiger partial charge in [-0.25, -0.2) is 14.8 Å². The largest absolute Gasteiger partial charge is 0.338 e. The van der Waals surface area contributed by atoms with Gasteiger partial charge in [-0.1, -0.05) is 26.2 Å². The molecule has 0 atom stereocenters. The summed E-state index contributed by atoms with van der Waals surface area (Å²) in [6.07, 6.45) is 10.4. The average Bonchev–Trinajstić information content (AvgIpc) is 3.40. The first kappa shape index (κ1) is 19.9. The van der Waals surface area contributed by atoms with Crippen LogP contribution in [0.25, 0.3) is 11.4 Å². The minimum absolute atomic E-state index is 0.0592.